The molecule has 0 saturated heterocycles. The van der Waals surface area contributed by atoms with Crippen LogP contribution in [0.5, 0.6) is 0 Å². The first-order valence-corrected chi connectivity index (χ1v) is 3.55. The molecule has 0 fully saturated rings. The second-order valence-electron chi connectivity index (χ2n) is 2.29. The van der Waals surface area contributed by atoms with Gasteiger partial charge in [0.2, 0.25) is 0 Å². The topological polar surface area (TPSA) is 11.3 Å². The lowest BCUT2D eigenvalue weighted by Gasteiger charge is -1.82. The third-order valence-corrected chi connectivity index (χ3v) is 1.33. The van der Waals surface area contributed by atoms with Crippen molar-refractivity contribution in [2.45, 2.75) is 13.8 Å². The Morgan fingerprint density at radius 1 is 1.36 bits per heavy atom. The van der Waals surface area contributed by atoms with Crippen LogP contribution >= 0.6 is 0 Å². The molecule has 60 valence electrons. The summed E-state index contributed by atoms with van der Waals surface area (Å²) in [6, 6.07) is 0. The maximum atomic E-state index is 4.94. The van der Waals surface area contributed by atoms with Crippen LogP contribution in [-0.2, 0) is 4.42 Å². The van der Waals surface area contributed by atoms with Crippen molar-refractivity contribution in [3.8, 4) is 0 Å². The Kier molecular flexibility index (Phi) is 5.09. The van der Waals surface area contributed by atoms with Gasteiger partial charge >= 0.3 is 5.78 Å². The molecule has 0 spiro atoms. The van der Waals surface area contributed by atoms with Crippen molar-refractivity contribution in [2.24, 2.45) is 0 Å². The molecule has 0 aliphatic rings. The van der Waals surface area contributed by atoms with Gasteiger partial charge in [0.15, 0.2) is 0 Å². The Hall–Kier alpha value is -1.11. The number of hydrogen-bond acceptors (Lipinski definition) is 0. The minimum absolute atomic E-state index is 0.901. The normalized spacial score (nSPS) is 14.1. The Morgan fingerprint density at radius 3 is 2.45 bits per heavy atom. The van der Waals surface area contributed by atoms with Gasteiger partial charge in [-0.15, -0.1) is 0 Å². The van der Waals surface area contributed by atoms with E-state index in [-0.39, 0.29) is 0 Å². The lowest BCUT2D eigenvalue weighted by molar-refractivity contribution is -0.419. The van der Waals surface area contributed by atoms with Crippen LogP contribution in [0.2, 0.25) is 0 Å². The van der Waals surface area contributed by atoms with E-state index >= 15 is 0 Å². The molecule has 0 atom stereocenters. The summed E-state index contributed by atoms with van der Waals surface area (Å²) in [7, 11) is 1.66. The van der Waals surface area contributed by atoms with Gasteiger partial charge in [-0.05, 0) is 6.92 Å². The largest absolute Gasteiger partial charge is 0.316 e. The molecule has 1 nitrogen and oxygen atoms in total. The molecule has 11 heavy (non-hydrogen) atoms. The SMILES string of the molecule is C=C/C(C)=C/C=C/C(C)=[O+]C. The van der Waals surface area contributed by atoms with Crippen molar-refractivity contribution < 1.29 is 4.42 Å². The molecule has 0 aromatic heterocycles. The number of hydrogen-bond donors (Lipinski definition) is 0. The molecule has 0 heterocycles. The average Bonchev–Trinajstić information content (AvgIpc) is 2.04. The van der Waals surface area contributed by atoms with Gasteiger partial charge in [-0.1, -0.05) is 30.4 Å². The van der Waals surface area contributed by atoms with E-state index < -0.39 is 0 Å². The molecule has 0 aliphatic heterocycles. The molecule has 1 heteroatoms. The van der Waals surface area contributed by atoms with Gasteiger partial charge in [-0.25, -0.2) is 0 Å². The van der Waals surface area contributed by atoms with E-state index in [1.807, 2.05) is 38.2 Å². The third-order valence-electron chi connectivity index (χ3n) is 1.33. The molecule has 0 amide bonds. The first kappa shape index (κ1) is 9.89. The van der Waals surface area contributed by atoms with E-state index in [9.17, 15) is 0 Å². The zero-order valence-electron chi connectivity index (χ0n) is 7.42. The van der Waals surface area contributed by atoms with Gasteiger partial charge in [0.25, 0.3) is 7.11 Å². The van der Waals surface area contributed by atoms with Crippen molar-refractivity contribution >= 4 is 5.78 Å². The number of carbonyl (C=O) groups excluding carboxylic acids is 1. The number of rotatable bonds is 3. The fourth-order valence-electron chi connectivity index (χ4n) is 0.471. The summed E-state index contributed by atoms with van der Waals surface area (Å²) < 4.78 is 4.94. The van der Waals surface area contributed by atoms with Crippen LogP contribution in [0.15, 0.2) is 36.5 Å². The van der Waals surface area contributed by atoms with Crippen LogP contribution in [-0.4, -0.2) is 12.9 Å². The Morgan fingerprint density at radius 2 is 2.00 bits per heavy atom. The van der Waals surface area contributed by atoms with Crippen molar-refractivity contribution in [3.05, 3.63) is 36.5 Å². The lowest BCUT2D eigenvalue weighted by atomic mass is 10.2. The van der Waals surface area contributed by atoms with Crippen molar-refractivity contribution in [1.29, 1.82) is 0 Å². The van der Waals surface area contributed by atoms with Crippen LogP contribution in [0.1, 0.15) is 13.8 Å². The standard InChI is InChI=1S/C10H15O/c1-5-9(2)7-6-8-10(3)11-4/h5-8H,1H2,2-4H3/q+1/b8-6+,9-7+. The van der Waals surface area contributed by atoms with Gasteiger partial charge in [0.1, 0.15) is 0 Å². The lowest BCUT2D eigenvalue weighted by Crippen LogP contribution is -1.85. The first-order chi connectivity index (χ1) is 5.20. The number of allylic oxidation sites excluding steroid dienone is 5. The van der Waals surface area contributed by atoms with Crippen molar-refractivity contribution in [1.82, 2.24) is 0 Å². The second kappa shape index (κ2) is 5.66. The summed E-state index contributed by atoms with van der Waals surface area (Å²) >= 11 is 0. The average molecular weight is 151 g/mol. The summed E-state index contributed by atoms with van der Waals surface area (Å²) in [5, 5.41) is 0. The molecule has 0 aliphatic carbocycles. The van der Waals surface area contributed by atoms with E-state index in [4.69, 9.17) is 4.42 Å². The Labute approximate surface area is 68.4 Å². The molecule has 0 aromatic rings. The highest BCUT2D eigenvalue weighted by Crippen LogP contribution is 1.92. The van der Waals surface area contributed by atoms with E-state index in [1.54, 1.807) is 7.11 Å². The first-order valence-electron chi connectivity index (χ1n) is 3.55. The number of ketones is 1. The fraction of sp³-hybridized carbons (Fsp3) is 0.300. The van der Waals surface area contributed by atoms with Gasteiger partial charge in [-0.3, -0.25) is 4.42 Å². The Balaban J connectivity index is 4.06. The predicted octanol–water partition coefficient (Wildman–Crippen LogP) is 2.43. The fourth-order valence-corrected chi connectivity index (χ4v) is 0.471. The molecule has 0 bridgehead atoms. The van der Waals surface area contributed by atoms with Gasteiger partial charge in [0, 0.05) is 6.08 Å². The highest BCUT2D eigenvalue weighted by molar-refractivity contribution is 5.87. The van der Waals surface area contributed by atoms with Crippen LogP contribution in [0.4, 0.5) is 0 Å². The van der Waals surface area contributed by atoms with Crippen molar-refractivity contribution in [2.75, 3.05) is 7.11 Å². The zero-order valence-corrected chi connectivity index (χ0v) is 7.42. The zero-order chi connectivity index (χ0) is 8.69. The minimum Gasteiger partial charge on any atom is -0.263 e. The molecule has 0 rings (SSSR count). The smallest absolute Gasteiger partial charge is 0.263 e. The maximum Gasteiger partial charge on any atom is 0.316 e. The molecule has 0 saturated carbocycles. The van der Waals surface area contributed by atoms with E-state index in [0.717, 1.165) is 11.4 Å². The van der Waals surface area contributed by atoms with Gasteiger partial charge in [0.05, 0.1) is 6.92 Å². The quantitative estimate of drug-likeness (QED) is 0.333. The predicted molar refractivity (Wildman–Crippen MR) is 49.7 cm³/mol. The van der Waals surface area contributed by atoms with Gasteiger partial charge in [-0.2, -0.15) is 0 Å². The van der Waals surface area contributed by atoms with Crippen LogP contribution < -0.4 is 0 Å². The molecule has 0 aromatic carbocycles. The molecular formula is C10H15O+. The molecular weight excluding hydrogens is 136 g/mol. The monoisotopic (exact) mass is 151 g/mol. The highest BCUT2D eigenvalue weighted by atomic mass is 16.4. The summed E-state index contributed by atoms with van der Waals surface area (Å²) in [5.74, 6) is 0.901. The van der Waals surface area contributed by atoms with Gasteiger partial charge < -0.3 is 0 Å². The summed E-state index contributed by atoms with van der Waals surface area (Å²) in [6.07, 6.45) is 7.64. The third kappa shape index (κ3) is 5.34. The molecule has 0 unspecified atom stereocenters. The second-order valence-corrected chi connectivity index (χ2v) is 2.29. The van der Waals surface area contributed by atoms with Crippen LogP contribution in [0.3, 0.4) is 0 Å². The van der Waals surface area contributed by atoms with Crippen LogP contribution in [0.25, 0.3) is 0 Å². The highest BCUT2D eigenvalue weighted by Gasteiger charge is 1.89. The molecule has 0 N–H and O–H groups in total. The van der Waals surface area contributed by atoms with E-state index in [0.29, 0.717) is 0 Å². The van der Waals surface area contributed by atoms with Crippen LogP contribution in [0, 0.1) is 0 Å². The molecule has 0 radical (unpaired) electrons. The Bertz CT molecular complexity index is 207. The van der Waals surface area contributed by atoms with E-state index in [1.165, 1.54) is 0 Å². The minimum atomic E-state index is 0.901. The van der Waals surface area contributed by atoms with Crippen molar-refractivity contribution in [3.63, 3.8) is 0 Å². The maximum absolute atomic E-state index is 4.94. The summed E-state index contributed by atoms with van der Waals surface area (Å²) in [4.78, 5) is 0. The summed E-state index contributed by atoms with van der Waals surface area (Å²) in [5.41, 5.74) is 1.14. The summed E-state index contributed by atoms with van der Waals surface area (Å²) in [6.45, 7) is 7.55. The van der Waals surface area contributed by atoms with E-state index in [2.05, 4.69) is 6.58 Å².